The quantitative estimate of drug-likeness (QED) is 0.261. The van der Waals surface area contributed by atoms with E-state index in [1.807, 2.05) is 29.2 Å². The Bertz CT molecular complexity index is 1630. The molecule has 164 valence electrons. The molecule has 0 fully saturated rings. The Morgan fingerprint density at radius 2 is 1.56 bits per heavy atom. The number of benzene rings is 3. The van der Waals surface area contributed by atoms with Gasteiger partial charge in [-0.25, -0.2) is 9.07 Å². The van der Waals surface area contributed by atoms with Crippen molar-refractivity contribution < 1.29 is 4.39 Å². The average molecular weight is 463 g/mol. The van der Waals surface area contributed by atoms with Crippen molar-refractivity contribution >= 4 is 33.4 Å². The molecule has 0 saturated carbocycles. The minimum Gasteiger partial charge on any atom is -0.264 e. The van der Waals surface area contributed by atoms with E-state index >= 15 is 0 Å². The van der Waals surface area contributed by atoms with Crippen LogP contribution < -0.4 is 0 Å². The highest BCUT2D eigenvalue weighted by atomic mass is 32.2. The molecule has 6 rings (SSSR count). The number of fused-ring (bicyclic) bond motifs is 3. The van der Waals surface area contributed by atoms with Crippen molar-refractivity contribution in [1.29, 1.82) is 0 Å². The molecule has 0 atom stereocenters. The highest BCUT2D eigenvalue weighted by molar-refractivity contribution is 7.98. The van der Waals surface area contributed by atoms with Gasteiger partial charge in [0.25, 0.3) is 0 Å². The van der Waals surface area contributed by atoms with Crippen LogP contribution in [0, 0.1) is 5.82 Å². The topological polar surface area (TPSA) is 43.6 Å². The molecule has 34 heavy (non-hydrogen) atoms. The van der Waals surface area contributed by atoms with Crippen molar-refractivity contribution in [1.82, 2.24) is 19.7 Å². The summed E-state index contributed by atoms with van der Waals surface area (Å²) in [5.41, 5.74) is 5.71. The van der Waals surface area contributed by atoms with E-state index in [9.17, 15) is 4.39 Å². The molecule has 0 bridgehead atoms. The van der Waals surface area contributed by atoms with Gasteiger partial charge < -0.3 is 0 Å². The zero-order chi connectivity index (χ0) is 23.1. The van der Waals surface area contributed by atoms with Gasteiger partial charge in [0.15, 0.2) is 0 Å². The first-order chi connectivity index (χ1) is 16.7. The van der Waals surface area contributed by atoms with Crippen LogP contribution in [0.5, 0.6) is 0 Å². The highest BCUT2D eigenvalue weighted by Gasteiger charge is 2.19. The van der Waals surface area contributed by atoms with Crippen LogP contribution in [0.3, 0.4) is 0 Å². The second kappa shape index (κ2) is 8.39. The lowest BCUT2D eigenvalue weighted by Crippen LogP contribution is -1.97. The number of aromatic nitrogens is 4. The minimum absolute atomic E-state index is 0.277. The van der Waals surface area contributed by atoms with E-state index in [2.05, 4.69) is 52.6 Å². The van der Waals surface area contributed by atoms with Crippen LogP contribution in [-0.4, -0.2) is 26.0 Å². The maximum atomic E-state index is 13.7. The van der Waals surface area contributed by atoms with Crippen molar-refractivity contribution in [3.05, 3.63) is 103 Å². The molecule has 4 nitrogen and oxygen atoms in total. The Hall–Kier alpha value is -4.03. The minimum atomic E-state index is -0.277. The van der Waals surface area contributed by atoms with Gasteiger partial charge in [0, 0.05) is 57.0 Å². The second-order valence-corrected chi connectivity index (χ2v) is 8.83. The first-order valence-electron chi connectivity index (χ1n) is 10.8. The molecular formula is C28H19FN4S. The SMILES string of the molecule is CSc1ccc(-c2nn(-c3ccc(F)cc3)c3c2cc(-c2cccnc2)c2cnccc23)cc1. The monoisotopic (exact) mass is 462 g/mol. The van der Waals surface area contributed by atoms with Gasteiger partial charge in [0.1, 0.15) is 11.5 Å². The third-order valence-electron chi connectivity index (χ3n) is 5.98. The summed E-state index contributed by atoms with van der Waals surface area (Å²) in [5, 5.41) is 8.10. The van der Waals surface area contributed by atoms with E-state index in [1.165, 1.54) is 17.0 Å². The second-order valence-electron chi connectivity index (χ2n) is 7.95. The Kier molecular flexibility index (Phi) is 5.08. The molecule has 0 saturated heterocycles. The summed E-state index contributed by atoms with van der Waals surface area (Å²) in [6, 6.07) is 23.0. The molecule has 0 amide bonds. The molecule has 0 spiro atoms. The van der Waals surface area contributed by atoms with Gasteiger partial charge in [-0.1, -0.05) is 18.2 Å². The summed E-state index contributed by atoms with van der Waals surface area (Å²) in [6.45, 7) is 0. The smallest absolute Gasteiger partial charge is 0.123 e. The van der Waals surface area contributed by atoms with Crippen molar-refractivity contribution in [3.8, 4) is 28.1 Å². The molecule has 0 radical (unpaired) electrons. The fraction of sp³-hybridized carbons (Fsp3) is 0.0357. The van der Waals surface area contributed by atoms with Crippen LogP contribution in [0.15, 0.2) is 102 Å². The molecule has 3 aromatic carbocycles. The van der Waals surface area contributed by atoms with E-state index in [0.29, 0.717) is 0 Å². The molecule has 6 aromatic rings. The summed E-state index contributed by atoms with van der Waals surface area (Å²) >= 11 is 1.71. The zero-order valence-electron chi connectivity index (χ0n) is 18.3. The lowest BCUT2D eigenvalue weighted by molar-refractivity contribution is 0.627. The van der Waals surface area contributed by atoms with Crippen LogP contribution in [0.4, 0.5) is 4.39 Å². The summed E-state index contributed by atoms with van der Waals surface area (Å²) in [7, 11) is 0. The third kappa shape index (κ3) is 3.43. The van der Waals surface area contributed by atoms with Gasteiger partial charge in [-0.3, -0.25) is 9.97 Å². The molecule has 3 aromatic heterocycles. The maximum Gasteiger partial charge on any atom is 0.123 e. The van der Waals surface area contributed by atoms with E-state index in [1.54, 1.807) is 36.3 Å². The molecule has 0 unspecified atom stereocenters. The number of rotatable bonds is 4. The summed E-state index contributed by atoms with van der Waals surface area (Å²) in [4.78, 5) is 9.92. The van der Waals surface area contributed by atoms with E-state index in [4.69, 9.17) is 5.10 Å². The van der Waals surface area contributed by atoms with Gasteiger partial charge in [0.05, 0.1) is 11.2 Å². The molecule has 0 aliphatic carbocycles. The van der Waals surface area contributed by atoms with Crippen LogP contribution in [-0.2, 0) is 0 Å². The number of hydrogen-bond acceptors (Lipinski definition) is 4. The molecule has 6 heteroatoms. The number of hydrogen-bond donors (Lipinski definition) is 0. The average Bonchev–Trinajstić information content (AvgIpc) is 3.29. The largest absolute Gasteiger partial charge is 0.264 e. The van der Waals surface area contributed by atoms with Crippen molar-refractivity contribution in [2.75, 3.05) is 6.26 Å². The fourth-order valence-corrected chi connectivity index (χ4v) is 4.76. The fourth-order valence-electron chi connectivity index (χ4n) is 4.36. The van der Waals surface area contributed by atoms with Crippen LogP contribution >= 0.6 is 11.8 Å². The standard InChI is InChI=1S/C28H19FN4S/c1-34-22-10-4-18(5-11-22)27-25-15-24(19-3-2-13-30-16-19)26-17-31-14-12-23(26)28(25)33(32-27)21-8-6-20(29)7-9-21/h2-17H,1H3. The third-order valence-corrected chi connectivity index (χ3v) is 6.73. The van der Waals surface area contributed by atoms with Gasteiger partial charge in [-0.05, 0) is 66.4 Å². The van der Waals surface area contributed by atoms with Crippen LogP contribution in [0.25, 0.3) is 49.7 Å². The van der Waals surface area contributed by atoms with E-state index in [0.717, 1.165) is 49.7 Å². The van der Waals surface area contributed by atoms with Crippen molar-refractivity contribution in [2.24, 2.45) is 0 Å². The van der Waals surface area contributed by atoms with Gasteiger partial charge in [0.2, 0.25) is 0 Å². The van der Waals surface area contributed by atoms with Crippen molar-refractivity contribution in [3.63, 3.8) is 0 Å². The number of thioether (sulfide) groups is 1. The first kappa shape index (κ1) is 20.6. The summed E-state index contributed by atoms with van der Waals surface area (Å²) in [5.74, 6) is -0.277. The number of halogens is 1. The van der Waals surface area contributed by atoms with E-state index < -0.39 is 0 Å². The predicted octanol–water partition coefficient (Wildman–Crippen LogP) is 7.16. The highest BCUT2D eigenvalue weighted by Crippen LogP contribution is 2.39. The Labute approximate surface area is 200 Å². The zero-order valence-corrected chi connectivity index (χ0v) is 19.1. The molecule has 0 N–H and O–H groups in total. The number of nitrogens with zero attached hydrogens (tertiary/aromatic N) is 4. The normalized spacial score (nSPS) is 11.4. The van der Waals surface area contributed by atoms with Gasteiger partial charge >= 0.3 is 0 Å². The van der Waals surface area contributed by atoms with Crippen LogP contribution in [0.2, 0.25) is 0 Å². The predicted molar refractivity (Wildman–Crippen MR) is 137 cm³/mol. The maximum absolute atomic E-state index is 13.7. The first-order valence-corrected chi connectivity index (χ1v) is 12.1. The molecular weight excluding hydrogens is 443 g/mol. The molecule has 0 aliphatic heterocycles. The van der Waals surface area contributed by atoms with Crippen LogP contribution in [0.1, 0.15) is 0 Å². The van der Waals surface area contributed by atoms with E-state index in [-0.39, 0.29) is 5.82 Å². The number of pyridine rings is 2. The lowest BCUT2D eigenvalue weighted by atomic mass is 9.96. The lowest BCUT2D eigenvalue weighted by Gasteiger charge is -2.10. The Morgan fingerprint density at radius 3 is 2.29 bits per heavy atom. The summed E-state index contributed by atoms with van der Waals surface area (Å²) in [6.07, 6.45) is 9.38. The Balaban J connectivity index is 1.73. The summed E-state index contributed by atoms with van der Waals surface area (Å²) < 4.78 is 15.6. The molecule has 3 heterocycles. The van der Waals surface area contributed by atoms with Crippen molar-refractivity contribution in [2.45, 2.75) is 4.90 Å². The van der Waals surface area contributed by atoms with Gasteiger partial charge in [-0.2, -0.15) is 5.10 Å². The van der Waals surface area contributed by atoms with Gasteiger partial charge in [-0.15, -0.1) is 11.8 Å². The molecule has 0 aliphatic rings. The Morgan fingerprint density at radius 1 is 0.765 bits per heavy atom.